The molecule has 5 heteroatoms. The van der Waals surface area contributed by atoms with Gasteiger partial charge in [-0.3, -0.25) is 9.69 Å². The fourth-order valence-corrected chi connectivity index (χ4v) is 3.40. The summed E-state index contributed by atoms with van der Waals surface area (Å²) in [5.41, 5.74) is 8.06. The van der Waals surface area contributed by atoms with Crippen molar-refractivity contribution in [3.05, 3.63) is 59.7 Å². The maximum Gasteiger partial charge on any atom is 0.251 e. The Bertz CT molecular complexity index is 726. The van der Waals surface area contributed by atoms with Crippen LogP contribution in [0.4, 0.5) is 5.69 Å². The predicted molar refractivity (Wildman–Crippen MR) is 99.7 cm³/mol. The first-order valence-corrected chi connectivity index (χ1v) is 8.70. The van der Waals surface area contributed by atoms with Gasteiger partial charge < -0.3 is 15.8 Å². The van der Waals surface area contributed by atoms with Gasteiger partial charge in [-0.1, -0.05) is 24.3 Å². The highest BCUT2D eigenvalue weighted by molar-refractivity contribution is 5.95. The van der Waals surface area contributed by atoms with Gasteiger partial charge in [-0.25, -0.2) is 0 Å². The summed E-state index contributed by atoms with van der Waals surface area (Å²) in [4.78, 5) is 14.9. The number of benzene rings is 2. The minimum Gasteiger partial charge on any atom is -0.496 e. The van der Waals surface area contributed by atoms with Crippen molar-refractivity contribution in [1.29, 1.82) is 0 Å². The average Bonchev–Trinajstić information content (AvgIpc) is 3.16. The van der Waals surface area contributed by atoms with Crippen LogP contribution in [0.2, 0.25) is 0 Å². The number of nitrogens with zero attached hydrogens (tertiary/aromatic N) is 1. The van der Waals surface area contributed by atoms with Gasteiger partial charge in [-0.2, -0.15) is 0 Å². The van der Waals surface area contributed by atoms with Gasteiger partial charge in [0.1, 0.15) is 5.75 Å². The van der Waals surface area contributed by atoms with E-state index in [2.05, 4.69) is 16.3 Å². The van der Waals surface area contributed by atoms with Crippen molar-refractivity contribution < 1.29 is 9.53 Å². The molecule has 0 radical (unpaired) electrons. The summed E-state index contributed by atoms with van der Waals surface area (Å²) in [6.07, 6.45) is 2.38. The van der Waals surface area contributed by atoms with Gasteiger partial charge in [0.2, 0.25) is 0 Å². The van der Waals surface area contributed by atoms with Crippen molar-refractivity contribution in [1.82, 2.24) is 10.2 Å². The second-order valence-corrected chi connectivity index (χ2v) is 6.34. The Morgan fingerprint density at radius 3 is 2.68 bits per heavy atom. The molecule has 1 aliphatic heterocycles. The Balaban J connectivity index is 1.77. The van der Waals surface area contributed by atoms with Crippen molar-refractivity contribution in [3.8, 4) is 5.75 Å². The lowest BCUT2D eigenvalue weighted by Crippen LogP contribution is -2.37. The van der Waals surface area contributed by atoms with Gasteiger partial charge in [0, 0.05) is 23.4 Å². The lowest BCUT2D eigenvalue weighted by Gasteiger charge is -2.29. The van der Waals surface area contributed by atoms with E-state index in [0.29, 0.717) is 17.8 Å². The third-order valence-corrected chi connectivity index (χ3v) is 4.68. The summed E-state index contributed by atoms with van der Waals surface area (Å²) in [6, 6.07) is 15.2. The van der Waals surface area contributed by atoms with Crippen LogP contribution in [0, 0.1) is 0 Å². The highest BCUT2D eigenvalue weighted by Crippen LogP contribution is 2.31. The predicted octanol–water partition coefficient (Wildman–Crippen LogP) is 2.84. The number of methoxy groups -OCH3 is 1. The maximum atomic E-state index is 12.5. The molecule has 1 heterocycles. The van der Waals surface area contributed by atoms with E-state index in [1.54, 1.807) is 31.4 Å². The van der Waals surface area contributed by atoms with E-state index in [4.69, 9.17) is 10.5 Å². The lowest BCUT2D eigenvalue weighted by atomic mass is 10.0. The van der Waals surface area contributed by atoms with Gasteiger partial charge in [-0.05, 0) is 50.2 Å². The minimum atomic E-state index is -0.105. The molecular formula is C20H25N3O2. The molecule has 5 nitrogen and oxygen atoms in total. The zero-order chi connectivity index (χ0) is 17.6. The number of nitrogen functional groups attached to an aromatic ring is 1. The fraction of sp³-hybridized carbons (Fsp3) is 0.350. The first-order chi connectivity index (χ1) is 12.2. The molecule has 1 unspecified atom stereocenters. The quantitative estimate of drug-likeness (QED) is 0.794. The second-order valence-electron chi connectivity index (χ2n) is 6.34. The van der Waals surface area contributed by atoms with Crippen molar-refractivity contribution in [3.63, 3.8) is 0 Å². The summed E-state index contributed by atoms with van der Waals surface area (Å²) in [6.45, 7) is 2.61. The second kappa shape index (κ2) is 8.03. The van der Waals surface area contributed by atoms with Gasteiger partial charge in [0.15, 0.2) is 0 Å². The lowest BCUT2D eigenvalue weighted by molar-refractivity contribution is 0.0937. The van der Waals surface area contributed by atoms with Crippen LogP contribution < -0.4 is 15.8 Å². The van der Waals surface area contributed by atoms with E-state index in [9.17, 15) is 4.79 Å². The highest BCUT2D eigenvalue weighted by atomic mass is 16.5. The average molecular weight is 339 g/mol. The minimum absolute atomic E-state index is 0.101. The molecule has 0 spiro atoms. The third kappa shape index (κ3) is 4.12. The molecule has 132 valence electrons. The number of para-hydroxylation sites is 1. The number of nitrogens with one attached hydrogen (secondary N) is 1. The number of ether oxygens (including phenoxy) is 1. The van der Waals surface area contributed by atoms with Crippen LogP contribution >= 0.6 is 0 Å². The number of nitrogens with two attached hydrogens (primary N) is 1. The Morgan fingerprint density at radius 1 is 1.20 bits per heavy atom. The first kappa shape index (κ1) is 17.3. The SMILES string of the molecule is COc1ccccc1C(CNC(=O)c1cccc(N)c1)N1CCCC1. The molecule has 2 aromatic carbocycles. The molecule has 3 N–H and O–H groups in total. The zero-order valence-electron chi connectivity index (χ0n) is 14.6. The van der Waals surface area contributed by atoms with Crippen LogP contribution in [0.1, 0.15) is 34.8 Å². The fourth-order valence-electron chi connectivity index (χ4n) is 3.40. The summed E-state index contributed by atoms with van der Waals surface area (Å²) >= 11 is 0. The van der Waals surface area contributed by atoms with E-state index in [0.717, 1.165) is 24.4 Å². The molecule has 1 amide bonds. The van der Waals surface area contributed by atoms with Crippen LogP contribution in [0.5, 0.6) is 5.75 Å². The number of hydrogen-bond donors (Lipinski definition) is 2. The third-order valence-electron chi connectivity index (χ3n) is 4.68. The molecule has 0 aromatic heterocycles. The molecule has 1 atom stereocenters. The summed E-state index contributed by atoms with van der Waals surface area (Å²) in [7, 11) is 1.69. The topological polar surface area (TPSA) is 67.6 Å². The molecule has 3 rings (SSSR count). The number of hydrogen-bond acceptors (Lipinski definition) is 4. The van der Waals surface area contributed by atoms with Crippen molar-refractivity contribution in [2.75, 3.05) is 32.5 Å². The van der Waals surface area contributed by atoms with E-state index in [-0.39, 0.29) is 11.9 Å². The summed E-state index contributed by atoms with van der Waals surface area (Å²) in [5, 5.41) is 3.06. The number of amides is 1. The monoisotopic (exact) mass is 339 g/mol. The van der Waals surface area contributed by atoms with E-state index < -0.39 is 0 Å². The zero-order valence-corrected chi connectivity index (χ0v) is 14.6. The number of likely N-dealkylation sites (tertiary alicyclic amines) is 1. The van der Waals surface area contributed by atoms with Gasteiger partial charge in [-0.15, -0.1) is 0 Å². The van der Waals surface area contributed by atoms with Crippen LogP contribution in [0.3, 0.4) is 0 Å². The molecule has 1 fully saturated rings. The molecule has 25 heavy (non-hydrogen) atoms. The molecule has 0 bridgehead atoms. The van der Waals surface area contributed by atoms with Crippen LogP contribution in [0.25, 0.3) is 0 Å². The largest absolute Gasteiger partial charge is 0.496 e. The number of carbonyl (C=O) groups excluding carboxylic acids is 1. The number of carbonyl (C=O) groups is 1. The van der Waals surface area contributed by atoms with Crippen molar-refractivity contribution in [2.24, 2.45) is 0 Å². The van der Waals surface area contributed by atoms with E-state index >= 15 is 0 Å². The molecule has 0 saturated carbocycles. The Labute approximate surface area is 148 Å². The normalized spacial score (nSPS) is 15.7. The highest BCUT2D eigenvalue weighted by Gasteiger charge is 2.26. The van der Waals surface area contributed by atoms with E-state index in [1.807, 2.05) is 18.2 Å². The standard InChI is InChI=1S/C20H25N3O2/c1-25-19-10-3-2-9-17(19)18(23-11-4-5-12-23)14-22-20(24)15-7-6-8-16(21)13-15/h2-3,6-10,13,18H,4-5,11-12,14,21H2,1H3,(H,22,24). The van der Waals surface area contributed by atoms with E-state index in [1.165, 1.54) is 12.8 Å². The molecule has 1 aliphatic rings. The van der Waals surface area contributed by atoms with Gasteiger partial charge in [0.25, 0.3) is 5.91 Å². The van der Waals surface area contributed by atoms with Gasteiger partial charge in [0.05, 0.1) is 13.2 Å². The van der Waals surface area contributed by atoms with Crippen LogP contribution in [-0.2, 0) is 0 Å². The summed E-state index contributed by atoms with van der Waals surface area (Å²) in [5.74, 6) is 0.754. The van der Waals surface area contributed by atoms with Gasteiger partial charge >= 0.3 is 0 Å². The molecule has 0 aliphatic carbocycles. The van der Waals surface area contributed by atoms with Crippen LogP contribution in [-0.4, -0.2) is 37.6 Å². The van der Waals surface area contributed by atoms with Crippen molar-refractivity contribution >= 4 is 11.6 Å². The maximum absolute atomic E-state index is 12.5. The molecular weight excluding hydrogens is 314 g/mol. The number of anilines is 1. The Kier molecular flexibility index (Phi) is 5.56. The molecule has 2 aromatic rings. The number of rotatable bonds is 6. The first-order valence-electron chi connectivity index (χ1n) is 8.70. The molecule has 1 saturated heterocycles. The summed E-state index contributed by atoms with van der Waals surface area (Å²) < 4.78 is 5.54. The van der Waals surface area contributed by atoms with Crippen LogP contribution in [0.15, 0.2) is 48.5 Å². The Morgan fingerprint density at radius 2 is 1.96 bits per heavy atom. The Hall–Kier alpha value is -2.53. The smallest absolute Gasteiger partial charge is 0.251 e. The van der Waals surface area contributed by atoms with Crippen molar-refractivity contribution in [2.45, 2.75) is 18.9 Å².